The molecule has 0 saturated heterocycles. The van der Waals surface area contributed by atoms with Gasteiger partial charge in [-0.1, -0.05) is 0 Å². The standard InChI is InChI=1S/C6H12O6.8C2H4O2/c7-1-3(9)5(11)6(12)4(10)2-8;8*1-2(3)4/h1,3-6,8-12H,2H2;8*1H3,(H,3,4)/t3-,4-,5-,6-;;;;;;;;/m1......../s1. The monoisotopic (exact) mass is 660 g/mol. The summed E-state index contributed by atoms with van der Waals surface area (Å²) in [7, 11) is 0. The van der Waals surface area contributed by atoms with Crippen molar-refractivity contribution in [2.24, 2.45) is 0 Å². The van der Waals surface area contributed by atoms with Crippen LogP contribution in [-0.4, -0.2) is 151 Å². The van der Waals surface area contributed by atoms with Crippen molar-refractivity contribution in [1.82, 2.24) is 0 Å². The van der Waals surface area contributed by atoms with E-state index >= 15 is 0 Å². The topological polar surface area (TPSA) is 417 Å². The fourth-order valence-electron chi connectivity index (χ4n) is 0.618. The van der Waals surface area contributed by atoms with Gasteiger partial charge in [0.1, 0.15) is 24.4 Å². The Kier molecular flexibility index (Phi) is 68.4. The van der Waals surface area contributed by atoms with Gasteiger partial charge < -0.3 is 71.2 Å². The zero-order valence-electron chi connectivity index (χ0n) is 25.1. The number of aldehydes is 1. The van der Waals surface area contributed by atoms with Crippen LogP contribution >= 0.6 is 0 Å². The van der Waals surface area contributed by atoms with Crippen LogP contribution in [0.5, 0.6) is 0 Å². The summed E-state index contributed by atoms with van der Waals surface area (Å²) in [5.74, 6) is -6.67. The van der Waals surface area contributed by atoms with Crippen LogP contribution in [0.3, 0.4) is 0 Å². The van der Waals surface area contributed by atoms with Crippen LogP contribution in [0.4, 0.5) is 0 Å². The first-order valence-electron chi connectivity index (χ1n) is 10.7. The number of hydrogen-bond donors (Lipinski definition) is 13. The van der Waals surface area contributed by atoms with E-state index in [1.54, 1.807) is 0 Å². The van der Waals surface area contributed by atoms with Gasteiger partial charge in [0.2, 0.25) is 0 Å². The SMILES string of the molecule is CC(=O)O.CC(=O)O.CC(=O)O.CC(=O)O.CC(=O)O.CC(=O)O.CC(=O)O.CC(=O)O.O=C[C@@H](O)[C@@H](O)[C@H](O)[C@H](O)CO. The fraction of sp³-hybridized carbons (Fsp3) is 0.591. The highest BCUT2D eigenvalue weighted by molar-refractivity contribution is 5.64. The van der Waals surface area contributed by atoms with Gasteiger partial charge in [0.15, 0.2) is 6.29 Å². The molecule has 0 amide bonds. The first kappa shape index (κ1) is 62.7. The third-order valence-electron chi connectivity index (χ3n) is 1.42. The number of hydrogen-bond acceptors (Lipinski definition) is 14. The zero-order chi connectivity index (χ0) is 38.3. The van der Waals surface area contributed by atoms with Crippen LogP contribution in [0.2, 0.25) is 0 Å². The van der Waals surface area contributed by atoms with E-state index in [2.05, 4.69) is 0 Å². The van der Waals surface area contributed by atoms with Crippen molar-refractivity contribution >= 4 is 54.0 Å². The number of carboxylic acid groups (broad SMARTS) is 8. The molecule has 44 heavy (non-hydrogen) atoms. The Balaban J connectivity index is -0.0000000472. The molecular formula is C22H44O22. The summed E-state index contributed by atoms with van der Waals surface area (Å²) in [6.07, 6.45) is -6.84. The molecule has 0 aromatic rings. The number of carbonyl (C=O) groups is 9. The van der Waals surface area contributed by atoms with E-state index in [4.69, 9.17) is 105 Å². The molecule has 0 aliphatic carbocycles. The van der Waals surface area contributed by atoms with Crippen molar-refractivity contribution in [1.29, 1.82) is 0 Å². The maximum absolute atomic E-state index is 9.90. The second kappa shape index (κ2) is 48.0. The molecule has 0 aromatic heterocycles. The lowest BCUT2D eigenvalue weighted by molar-refractivity contribution is -0.136. The average molecular weight is 661 g/mol. The lowest BCUT2D eigenvalue weighted by atomic mass is 10.0. The van der Waals surface area contributed by atoms with Crippen LogP contribution < -0.4 is 0 Å². The number of carbonyl (C=O) groups excluding carboxylic acids is 1. The maximum atomic E-state index is 9.90. The Bertz CT molecular complexity index is 602. The number of aliphatic hydroxyl groups excluding tert-OH is 5. The van der Waals surface area contributed by atoms with E-state index in [9.17, 15) is 4.79 Å². The molecule has 0 heterocycles. The Morgan fingerprint density at radius 3 is 0.659 bits per heavy atom. The highest BCUT2D eigenvalue weighted by Gasteiger charge is 2.29. The van der Waals surface area contributed by atoms with Gasteiger partial charge in [-0.3, -0.25) is 38.4 Å². The van der Waals surface area contributed by atoms with E-state index in [0.717, 1.165) is 55.4 Å². The van der Waals surface area contributed by atoms with Gasteiger partial charge in [-0.05, 0) is 0 Å². The molecule has 0 rings (SSSR count). The average Bonchev–Trinajstić information content (AvgIpc) is 2.74. The van der Waals surface area contributed by atoms with E-state index < -0.39 is 78.8 Å². The highest BCUT2D eigenvalue weighted by atomic mass is 16.4. The minimum atomic E-state index is -1.79. The van der Waals surface area contributed by atoms with Crippen molar-refractivity contribution in [3.63, 3.8) is 0 Å². The first-order chi connectivity index (χ1) is 19.4. The van der Waals surface area contributed by atoms with Gasteiger partial charge >= 0.3 is 0 Å². The van der Waals surface area contributed by atoms with E-state index in [1.807, 2.05) is 0 Å². The van der Waals surface area contributed by atoms with Crippen molar-refractivity contribution in [2.75, 3.05) is 6.61 Å². The maximum Gasteiger partial charge on any atom is 0.300 e. The molecular weight excluding hydrogens is 616 g/mol. The van der Waals surface area contributed by atoms with Crippen LogP contribution in [0.1, 0.15) is 55.4 Å². The molecule has 22 heteroatoms. The first-order valence-corrected chi connectivity index (χ1v) is 10.7. The lowest BCUT2D eigenvalue weighted by Crippen LogP contribution is -2.46. The van der Waals surface area contributed by atoms with Gasteiger partial charge in [0, 0.05) is 55.4 Å². The van der Waals surface area contributed by atoms with Crippen LogP contribution in [0.15, 0.2) is 0 Å². The van der Waals surface area contributed by atoms with Crippen LogP contribution in [0.25, 0.3) is 0 Å². The minimum Gasteiger partial charge on any atom is -0.481 e. The quantitative estimate of drug-likeness (QED) is 0.134. The number of aliphatic hydroxyl groups is 5. The molecule has 0 unspecified atom stereocenters. The van der Waals surface area contributed by atoms with Gasteiger partial charge in [-0.25, -0.2) is 0 Å². The second-order valence-corrected chi connectivity index (χ2v) is 6.51. The van der Waals surface area contributed by atoms with E-state index in [-0.39, 0.29) is 6.29 Å². The van der Waals surface area contributed by atoms with Crippen molar-refractivity contribution in [3.05, 3.63) is 0 Å². The van der Waals surface area contributed by atoms with Crippen molar-refractivity contribution < 1.29 is 110 Å². The molecule has 4 atom stereocenters. The van der Waals surface area contributed by atoms with Gasteiger partial charge in [-0.2, -0.15) is 0 Å². The molecule has 0 aromatic carbocycles. The number of aliphatic carboxylic acids is 8. The van der Waals surface area contributed by atoms with Gasteiger partial charge in [-0.15, -0.1) is 0 Å². The molecule has 22 nitrogen and oxygen atoms in total. The summed E-state index contributed by atoms with van der Waals surface area (Å²) in [4.78, 5) is 81.9. The lowest BCUT2D eigenvalue weighted by Gasteiger charge is -2.22. The Hall–Kier alpha value is -4.77. The van der Waals surface area contributed by atoms with E-state index in [0.29, 0.717) is 0 Å². The third kappa shape index (κ3) is 387. The number of carboxylic acids is 8. The van der Waals surface area contributed by atoms with Crippen LogP contribution in [-0.2, 0) is 43.2 Å². The Labute approximate surface area is 250 Å². The molecule has 0 aliphatic rings. The minimum absolute atomic E-state index is 0.0258. The smallest absolute Gasteiger partial charge is 0.300 e. The largest absolute Gasteiger partial charge is 0.481 e. The number of rotatable bonds is 5. The second-order valence-electron chi connectivity index (χ2n) is 6.51. The van der Waals surface area contributed by atoms with Gasteiger partial charge in [0.05, 0.1) is 6.61 Å². The summed E-state index contributed by atoms with van der Waals surface area (Å²) in [5, 5.41) is 103. The summed E-state index contributed by atoms with van der Waals surface area (Å²) in [6, 6.07) is 0. The Morgan fingerprint density at radius 2 is 0.568 bits per heavy atom. The molecule has 0 aliphatic heterocycles. The summed E-state index contributed by atoms with van der Waals surface area (Å²) in [6.45, 7) is 7.91. The molecule has 264 valence electrons. The molecule has 0 radical (unpaired) electrons. The Morgan fingerprint density at radius 1 is 0.432 bits per heavy atom. The highest BCUT2D eigenvalue weighted by Crippen LogP contribution is 2.02. The normalized spacial score (nSPS) is 10.3. The molecule has 13 N–H and O–H groups in total. The van der Waals surface area contributed by atoms with Crippen molar-refractivity contribution in [2.45, 2.75) is 79.8 Å². The van der Waals surface area contributed by atoms with E-state index in [1.165, 1.54) is 0 Å². The van der Waals surface area contributed by atoms with Crippen LogP contribution in [0, 0.1) is 0 Å². The zero-order valence-corrected chi connectivity index (χ0v) is 25.1. The fourth-order valence-corrected chi connectivity index (χ4v) is 0.618. The summed E-state index contributed by atoms with van der Waals surface area (Å²) in [5.41, 5.74) is 0. The predicted octanol–water partition coefficient (Wildman–Crippen LogP) is -2.65. The molecule has 0 saturated carbocycles. The summed E-state index contributed by atoms with van der Waals surface area (Å²) < 4.78 is 0. The molecule has 0 fully saturated rings. The molecule has 0 bridgehead atoms. The third-order valence-corrected chi connectivity index (χ3v) is 1.42. The summed E-state index contributed by atoms with van der Waals surface area (Å²) >= 11 is 0. The molecule has 0 spiro atoms. The van der Waals surface area contributed by atoms with Crippen molar-refractivity contribution in [3.8, 4) is 0 Å². The predicted molar refractivity (Wildman–Crippen MR) is 144 cm³/mol. The van der Waals surface area contributed by atoms with Gasteiger partial charge in [0.25, 0.3) is 47.8 Å².